The second-order valence-corrected chi connectivity index (χ2v) is 13.1. The molecule has 260 valence electrons. The Morgan fingerprint density at radius 1 is 1.08 bits per heavy atom. The molecule has 2 aromatic rings. The number of likely N-dealkylation sites (tertiary alicyclic amines) is 1. The average molecular weight is 674 g/mol. The van der Waals surface area contributed by atoms with Gasteiger partial charge in [-0.3, -0.25) is 24.0 Å². The number of carbonyl (C=O) groups excluding carboxylic acids is 5. The van der Waals surface area contributed by atoms with Gasteiger partial charge in [0.2, 0.25) is 11.7 Å². The molecule has 0 radical (unpaired) electrons. The zero-order chi connectivity index (χ0) is 35.8. The Morgan fingerprint density at radius 3 is 2.44 bits per heavy atom. The van der Waals surface area contributed by atoms with Gasteiger partial charge in [0, 0.05) is 30.4 Å². The maximum Gasteiger partial charge on any atom is 0.313 e. The van der Waals surface area contributed by atoms with Crippen molar-refractivity contribution in [1.29, 1.82) is 0 Å². The van der Waals surface area contributed by atoms with Crippen molar-refractivity contribution in [2.45, 2.75) is 71.8 Å². The molecule has 2 atom stereocenters. The summed E-state index contributed by atoms with van der Waals surface area (Å²) in [5.74, 6) is -9.14. The molecule has 13 heteroatoms. The van der Waals surface area contributed by atoms with Crippen LogP contribution in [0.4, 0.5) is 18.9 Å². The van der Waals surface area contributed by atoms with Gasteiger partial charge in [-0.15, -0.1) is 0 Å². The van der Waals surface area contributed by atoms with E-state index in [-0.39, 0.29) is 37.1 Å². The number of nitrogens with zero attached hydrogens (tertiary/aromatic N) is 1. The van der Waals surface area contributed by atoms with Crippen molar-refractivity contribution in [2.75, 3.05) is 31.6 Å². The van der Waals surface area contributed by atoms with Crippen LogP contribution in [0.3, 0.4) is 0 Å². The topological polar surface area (TPSA) is 131 Å². The standard InChI is InChI=1S/C35H42F3N3O7/c1-7-16-47-28(43)18-26(27(42)19-48-30-21(2)23(36)17-24(37)29(30)38)40-33(46)35(6)14-10-11-15-41(20-35)32(45)31(44)39-25-13-9-8-12-22(25)34(3,4)5/h7-9,12-13,17,26H,1,10-11,14-16,18-20H2,2-6H3,(H,39,44)(H,40,46)/t26-,35-/m0/s1. The summed E-state index contributed by atoms with van der Waals surface area (Å²) in [6.45, 7) is 11.0. The first-order chi connectivity index (χ1) is 22.5. The van der Waals surface area contributed by atoms with Gasteiger partial charge in [-0.1, -0.05) is 58.0 Å². The molecule has 0 saturated carbocycles. The van der Waals surface area contributed by atoms with Gasteiger partial charge in [0.05, 0.1) is 11.8 Å². The van der Waals surface area contributed by atoms with E-state index in [1.165, 1.54) is 11.0 Å². The maximum absolute atomic E-state index is 14.3. The Balaban J connectivity index is 1.79. The molecule has 2 N–H and O–H groups in total. The summed E-state index contributed by atoms with van der Waals surface area (Å²) < 4.78 is 52.3. The Labute approximate surface area is 278 Å². The van der Waals surface area contributed by atoms with Crippen LogP contribution in [0.15, 0.2) is 43.0 Å². The fraction of sp³-hybridized carbons (Fsp3) is 0.457. The number of ether oxygens (including phenoxy) is 2. The minimum Gasteiger partial charge on any atom is -0.482 e. The van der Waals surface area contributed by atoms with Gasteiger partial charge in [0.25, 0.3) is 0 Å². The number of ketones is 1. The molecule has 1 heterocycles. The number of benzene rings is 2. The van der Waals surface area contributed by atoms with Crippen molar-refractivity contribution in [2.24, 2.45) is 5.41 Å². The first-order valence-corrected chi connectivity index (χ1v) is 15.6. The molecule has 1 aliphatic rings. The highest BCUT2D eigenvalue weighted by Gasteiger charge is 2.41. The van der Waals surface area contributed by atoms with Crippen LogP contribution in [0.5, 0.6) is 5.75 Å². The molecule has 3 amide bonds. The predicted octanol–water partition coefficient (Wildman–Crippen LogP) is 4.92. The van der Waals surface area contributed by atoms with E-state index in [4.69, 9.17) is 9.47 Å². The summed E-state index contributed by atoms with van der Waals surface area (Å²) in [5, 5.41) is 5.23. The normalized spacial score (nSPS) is 17.0. The molecule has 0 aliphatic carbocycles. The molecule has 1 aliphatic heterocycles. The largest absolute Gasteiger partial charge is 0.482 e. The van der Waals surface area contributed by atoms with Crippen LogP contribution in [-0.4, -0.2) is 66.7 Å². The highest BCUT2D eigenvalue weighted by molar-refractivity contribution is 6.39. The van der Waals surface area contributed by atoms with Crippen molar-refractivity contribution < 1.29 is 46.6 Å². The number of nitrogens with one attached hydrogen (secondary N) is 2. The number of hydrogen-bond donors (Lipinski definition) is 2. The van der Waals surface area contributed by atoms with Gasteiger partial charge >= 0.3 is 17.8 Å². The number of anilines is 1. The number of halogens is 3. The Hall–Kier alpha value is -4.68. The van der Waals surface area contributed by atoms with Gasteiger partial charge in [0.15, 0.2) is 17.3 Å². The lowest BCUT2D eigenvalue weighted by Crippen LogP contribution is -2.53. The molecular weight excluding hydrogens is 631 g/mol. The molecule has 3 rings (SSSR count). The lowest BCUT2D eigenvalue weighted by molar-refractivity contribution is -0.147. The second-order valence-electron chi connectivity index (χ2n) is 13.1. The molecule has 10 nitrogen and oxygen atoms in total. The van der Waals surface area contributed by atoms with Crippen LogP contribution in [0.1, 0.15) is 64.5 Å². The van der Waals surface area contributed by atoms with E-state index in [0.29, 0.717) is 24.6 Å². The maximum atomic E-state index is 14.3. The lowest BCUT2D eigenvalue weighted by Gasteiger charge is -2.33. The van der Waals surface area contributed by atoms with Crippen LogP contribution < -0.4 is 15.4 Å². The van der Waals surface area contributed by atoms with Crippen LogP contribution >= 0.6 is 0 Å². The third kappa shape index (κ3) is 9.45. The third-order valence-corrected chi connectivity index (χ3v) is 8.11. The first-order valence-electron chi connectivity index (χ1n) is 15.6. The number of para-hydroxylation sites is 1. The van der Waals surface area contributed by atoms with Gasteiger partial charge in [-0.2, -0.15) is 4.39 Å². The summed E-state index contributed by atoms with van der Waals surface area (Å²) in [6.07, 6.45) is 1.95. The first kappa shape index (κ1) is 37.8. The summed E-state index contributed by atoms with van der Waals surface area (Å²) >= 11 is 0. The number of carbonyl (C=O) groups is 5. The Bertz CT molecular complexity index is 1550. The van der Waals surface area contributed by atoms with Crippen molar-refractivity contribution >= 4 is 35.2 Å². The van der Waals surface area contributed by atoms with Gasteiger partial charge in [-0.25, -0.2) is 8.78 Å². The minimum absolute atomic E-state index is 0.169. The van der Waals surface area contributed by atoms with Crippen molar-refractivity contribution in [3.63, 3.8) is 0 Å². The fourth-order valence-electron chi connectivity index (χ4n) is 5.36. The van der Waals surface area contributed by atoms with Crippen molar-refractivity contribution in [1.82, 2.24) is 10.2 Å². The van der Waals surface area contributed by atoms with E-state index < -0.39 is 77.2 Å². The molecule has 48 heavy (non-hydrogen) atoms. The smallest absolute Gasteiger partial charge is 0.313 e. The molecule has 0 unspecified atom stereocenters. The molecule has 1 fully saturated rings. The fourth-order valence-corrected chi connectivity index (χ4v) is 5.36. The summed E-state index contributed by atoms with van der Waals surface area (Å²) in [7, 11) is 0. The monoisotopic (exact) mass is 673 g/mol. The second kappa shape index (κ2) is 15.9. The van der Waals surface area contributed by atoms with Crippen molar-refractivity contribution in [3.05, 3.63) is 71.6 Å². The molecule has 2 aromatic carbocycles. The van der Waals surface area contributed by atoms with Crippen LogP contribution in [-0.2, 0) is 34.1 Å². The third-order valence-electron chi connectivity index (χ3n) is 8.11. The van der Waals surface area contributed by atoms with E-state index in [2.05, 4.69) is 17.2 Å². The highest BCUT2D eigenvalue weighted by atomic mass is 19.2. The number of esters is 1. The Kier molecular flexibility index (Phi) is 12.5. The van der Waals surface area contributed by atoms with E-state index >= 15 is 0 Å². The zero-order valence-electron chi connectivity index (χ0n) is 27.8. The zero-order valence-corrected chi connectivity index (χ0v) is 27.8. The van der Waals surface area contributed by atoms with Crippen molar-refractivity contribution in [3.8, 4) is 5.75 Å². The van der Waals surface area contributed by atoms with E-state index in [1.807, 2.05) is 32.9 Å². The number of Topliss-reactive ketones (excluding diaryl/α,β-unsaturated/α-hetero) is 1. The summed E-state index contributed by atoms with van der Waals surface area (Å²) in [4.78, 5) is 67.3. The number of hydrogen-bond acceptors (Lipinski definition) is 7. The SMILES string of the molecule is C=CCOC(=O)C[C@H](NC(=O)[C@@]1(C)CCCCN(C(=O)C(=O)Nc2ccccc2C(C)(C)C)C1)C(=O)COc1c(C)c(F)cc(F)c1F. The quantitative estimate of drug-likeness (QED) is 0.150. The lowest BCUT2D eigenvalue weighted by atomic mass is 9.83. The molecule has 0 spiro atoms. The predicted molar refractivity (Wildman–Crippen MR) is 172 cm³/mol. The molecule has 1 saturated heterocycles. The van der Waals surface area contributed by atoms with E-state index in [1.54, 1.807) is 19.1 Å². The van der Waals surface area contributed by atoms with Crippen LogP contribution in [0.25, 0.3) is 0 Å². The van der Waals surface area contributed by atoms with Gasteiger partial charge in [0.1, 0.15) is 25.1 Å². The molecular formula is C35H42F3N3O7. The average Bonchev–Trinajstić information content (AvgIpc) is 3.24. The molecule has 0 aromatic heterocycles. The van der Waals surface area contributed by atoms with Gasteiger partial charge < -0.3 is 25.0 Å². The number of rotatable bonds is 11. The van der Waals surface area contributed by atoms with Crippen LogP contribution in [0, 0.1) is 29.8 Å². The molecule has 0 bridgehead atoms. The summed E-state index contributed by atoms with van der Waals surface area (Å²) in [5.41, 5.74) is -0.674. The Morgan fingerprint density at radius 2 is 1.77 bits per heavy atom. The number of amides is 3. The van der Waals surface area contributed by atoms with Crippen LogP contribution in [0.2, 0.25) is 0 Å². The highest BCUT2D eigenvalue weighted by Crippen LogP contribution is 2.32. The van der Waals surface area contributed by atoms with Gasteiger partial charge in [-0.05, 0) is 43.7 Å². The minimum atomic E-state index is -1.54. The van der Waals surface area contributed by atoms with E-state index in [0.717, 1.165) is 12.5 Å². The summed E-state index contributed by atoms with van der Waals surface area (Å²) in [6, 6.07) is 5.93. The van der Waals surface area contributed by atoms with E-state index in [9.17, 15) is 37.1 Å².